The molecule has 1 aromatic heterocycles. The molecule has 2 aromatic rings. The number of aromatic nitrogens is 1. The van der Waals surface area contributed by atoms with Gasteiger partial charge in [0.25, 0.3) is 0 Å². The number of anilines is 2. The standard InChI is InChI=1S/C13H10BrFN2O2/c1-7-6-8(2-3-10(7)14)17-12-11(15)9(13(18)19)4-5-16-12/h2-6H,1H3,(H,16,17)(H,18,19). The van der Waals surface area contributed by atoms with Crippen LogP contribution in [0.5, 0.6) is 0 Å². The maximum Gasteiger partial charge on any atom is 0.338 e. The minimum absolute atomic E-state index is 0.110. The zero-order valence-electron chi connectivity index (χ0n) is 9.95. The third-order valence-corrected chi connectivity index (χ3v) is 3.43. The molecule has 0 saturated heterocycles. The van der Waals surface area contributed by atoms with Crippen molar-refractivity contribution in [2.75, 3.05) is 5.32 Å². The largest absolute Gasteiger partial charge is 0.478 e. The van der Waals surface area contributed by atoms with E-state index in [-0.39, 0.29) is 5.82 Å². The number of hydrogen-bond acceptors (Lipinski definition) is 3. The van der Waals surface area contributed by atoms with E-state index in [1.165, 1.54) is 6.20 Å². The fourth-order valence-electron chi connectivity index (χ4n) is 1.56. The van der Waals surface area contributed by atoms with Gasteiger partial charge in [0.2, 0.25) is 0 Å². The number of pyridine rings is 1. The molecule has 2 rings (SSSR count). The van der Waals surface area contributed by atoms with Gasteiger partial charge in [-0.1, -0.05) is 15.9 Å². The molecule has 0 aliphatic rings. The summed E-state index contributed by atoms with van der Waals surface area (Å²) in [6, 6.07) is 6.48. The number of carboxylic acid groups (broad SMARTS) is 1. The summed E-state index contributed by atoms with van der Waals surface area (Å²) in [5.41, 5.74) is 1.20. The summed E-state index contributed by atoms with van der Waals surface area (Å²) in [7, 11) is 0. The zero-order chi connectivity index (χ0) is 14.0. The van der Waals surface area contributed by atoms with Crippen LogP contribution < -0.4 is 5.32 Å². The van der Waals surface area contributed by atoms with Gasteiger partial charge in [0.05, 0.1) is 0 Å². The van der Waals surface area contributed by atoms with E-state index in [2.05, 4.69) is 26.2 Å². The van der Waals surface area contributed by atoms with Gasteiger partial charge in [-0.2, -0.15) is 0 Å². The van der Waals surface area contributed by atoms with Crippen molar-refractivity contribution in [3.8, 4) is 0 Å². The van der Waals surface area contributed by atoms with E-state index in [1.54, 1.807) is 12.1 Å². The molecule has 0 aliphatic carbocycles. The lowest BCUT2D eigenvalue weighted by Gasteiger charge is -2.09. The first kappa shape index (κ1) is 13.5. The van der Waals surface area contributed by atoms with Crippen LogP contribution in [0.1, 0.15) is 15.9 Å². The second-order valence-corrected chi connectivity index (χ2v) is 4.77. The minimum atomic E-state index is -1.32. The highest BCUT2D eigenvalue weighted by Gasteiger charge is 2.15. The van der Waals surface area contributed by atoms with Crippen molar-refractivity contribution in [2.24, 2.45) is 0 Å². The molecule has 0 bridgehead atoms. The fraction of sp³-hybridized carbons (Fsp3) is 0.0769. The monoisotopic (exact) mass is 324 g/mol. The highest BCUT2D eigenvalue weighted by molar-refractivity contribution is 9.10. The van der Waals surface area contributed by atoms with Gasteiger partial charge >= 0.3 is 5.97 Å². The molecule has 98 valence electrons. The third-order valence-electron chi connectivity index (χ3n) is 2.54. The normalized spacial score (nSPS) is 10.3. The summed E-state index contributed by atoms with van der Waals surface area (Å²) < 4.78 is 14.8. The number of benzene rings is 1. The maximum atomic E-state index is 13.9. The van der Waals surface area contributed by atoms with Gasteiger partial charge in [0, 0.05) is 16.4 Å². The quantitative estimate of drug-likeness (QED) is 0.902. The summed E-state index contributed by atoms with van der Waals surface area (Å²) in [5, 5.41) is 11.6. The average Bonchev–Trinajstić information content (AvgIpc) is 2.36. The van der Waals surface area contributed by atoms with Gasteiger partial charge < -0.3 is 10.4 Å². The molecule has 0 radical (unpaired) electrons. The number of halogens is 2. The third kappa shape index (κ3) is 2.90. The van der Waals surface area contributed by atoms with E-state index >= 15 is 0 Å². The molecular formula is C13H10BrFN2O2. The maximum absolute atomic E-state index is 13.9. The Hall–Kier alpha value is -1.95. The van der Waals surface area contributed by atoms with Crippen LogP contribution in [0.25, 0.3) is 0 Å². The lowest BCUT2D eigenvalue weighted by Crippen LogP contribution is -2.05. The molecule has 2 N–H and O–H groups in total. The van der Waals surface area contributed by atoms with E-state index in [0.717, 1.165) is 16.1 Å². The number of carboxylic acids is 1. The van der Waals surface area contributed by atoms with Crippen LogP contribution in [-0.2, 0) is 0 Å². The second-order valence-electron chi connectivity index (χ2n) is 3.92. The molecule has 0 saturated carbocycles. The summed E-state index contributed by atoms with van der Waals surface area (Å²) in [4.78, 5) is 14.6. The van der Waals surface area contributed by atoms with E-state index in [9.17, 15) is 9.18 Å². The fourth-order valence-corrected chi connectivity index (χ4v) is 1.80. The molecule has 4 nitrogen and oxygen atoms in total. The first-order valence-electron chi connectivity index (χ1n) is 5.40. The first-order valence-corrected chi connectivity index (χ1v) is 6.19. The molecule has 1 aromatic carbocycles. The Labute approximate surface area is 117 Å². The molecule has 19 heavy (non-hydrogen) atoms. The Morgan fingerprint density at radius 1 is 1.42 bits per heavy atom. The van der Waals surface area contributed by atoms with Crippen LogP contribution >= 0.6 is 15.9 Å². The van der Waals surface area contributed by atoms with E-state index < -0.39 is 17.3 Å². The molecule has 0 aliphatic heterocycles. The van der Waals surface area contributed by atoms with Crippen molar-refractivity contribution in [3.05, 3.63) is 51.9 Å². The smallest absolute Gasteiger partial charge is 0.338 e. The van der Waals surface area contributed by atoms with E-state index in [4.69, 9.17) is 5.11 Å². The van der Waals surface area contributed by atoms with Crippen molar-refractivity contribution in [1.29, 1.82) is 0 Å². The summed E-state index contributed by atoms with van der Waals surface area (Å²) in [5.74, 6) is -2.31. The molecule has 0 spiro atoms. The number of carbonyl (C=O) groups is 1. The van der Waals surface area contributed by atoms with Crippen molar-refractivity contribution in [2.45, 2.75) is 6.92 Å². The van der Waals surface area contributed by atoms with Crippen LogP contribution in [0.4, 0.5) is 15.9 Å². The van der Waals surface area contributed by atoms with Crippen molar-refractivity contribution < 1.29 is 14.3 Å². The lowest BCUT2D eigenvalue weighted by molar-refractivity contribution is 0.0692. The number of aryl methyl sites for hydroxylation is 1. The predicted molar refractivity (Wildman–Crippen MR) is 73.3 cm³/mol. The molecule has 0 fully saturated rings. The van der Waals surface area contributed by atoms with Gasteiger partial charge in [-0.3, -0.25) is 0 Å². The van der Waals surface area contributed by atoms with Crippen LogP contribution in [-0.4, -0.2) is 16.1 Å². The Kier molecular flexibility index (Phi) is 3.80. The van der Waals surface area contributed by atoms with E-state index in [1.807, 2.05) is 13.0 Å². The predicted octanol–water partition coefficient (Wildman–Crippen LogP) is 3.73. The highest BCUT2D eigenvalue weighted by Crippen LogP contribution is 2.24. The summed E-state index contributed by atoms with van der Waals surface area (Å²) in [6.45, 7) is 1.90. The van der Waals surface area contributed by atoms with Crippen LogP contribution in [0, 0.1) is 12.7 Å². The molecule has 1 heterocycles. The van der Waals surface area contributed by atoms with Gasteiger partial charge in [0.1, 0.15) is 5.56 Å². The van der Waals surface area contributed by atoms with Gasteiger partial charge in [-0.25, -0.2) is 14.2 Å². The number of nitrogens with one attached hydrogen (secondary N) is 1. The first-order chi connectivity index (χ1) is 8.99. The number of nitrogens with zero attached hydrogens (tertiary/aromatic N) is 1. The SMILES string of the molecule is Cc1cc(Nc2nccc(C(=O)O)c2F)ccc1Br. The minimum Gasteiger partial charge on any atom is -0.478 e. The molecular weight excluding hydrogens is 315 g/mol. The number of hydrogen-bond donors (Lipinski definition) is 2. The Morgan fingerprint density at radius 2 is 2.16 bits per heavy atom. The van der Waals surface area contributed by atoms with Gasteiger partial charge in [-0.05, 0) is 36.8 Å². The topological polar surface area (TPSA) is 62.2 Å². The van der Waals surface area contributed by atoms with Crippen LogP contribution in [0.2, 0.25) is 0 Å². The molecule has 0 amide bonds. The molecule has 6 heteroatoms. The average molecular weight is 325 g/mol. The van der Waals surface area contributed by atoms with Crippen LogP contribution in [0.3, 0.4) is 0 Å². The zero-order valence-corrected chi connectivity index (χ0v) is 11.5. The summed E-state index contributed by atoms with van der Waals surface area (Å²) >= 11 is 3.36. The second kappa shape index (κ2) is 5.36. The lowest BCUT2D eigenvalue weighted by atomic mass is 10.2. The van der Waals surface area contributed by atoms with Gasteiger partial charge in [0.15, 0.2) is 11.6 Å². The van der Waals surface area contributed by atoms with Crippen molar-refractivity contribution in [1.82, 2.24) is 4.98 Å². The number of rotatable bonds is 3. The Balaban J connectivity index is 2.35. The van der Waals surface area contributed by atoms with Gasteiger partial charge in [-0.15, -0.1) is 0 Å². The highest BCUT2D eigenvalue weighted by atomic mass is 79.9. The van der Waals surface area contributed by atoms with Crippen LogP contribution in [0.15, 0.2) is 34.9 Å². The van der Waals surface area contributed by atoms with Crippen molar-refractivity contribution in [3.63, 3.8) is 0 Å². The van der Waals surface area contributed by atoms with E-state index in [0.29, 0.717) is 5.69 Å². The Bertz CT molecular complexity index is 647. The summed E-state index contributed by atoms with van der Waals surface area (Å²) in [6.07, 6.45) is 1.25. The van der Waals surface area contributed by atoms with Crippen molar-refractivity contribution >= 4 is 33.4 Å². The molecule has 0 unspecified atom stereocenters. The molecule has 0 atom stereocenters. The Morgan fingerprint density at radius 3 is 2.79 bits per heavy atom. The number of aromatic carboxylic acids is 1.